The molecule has 7 unspecified atom stereocenters. The number of hydrogen-bond donors (Lipinski definition) is 1. The van der Waals surface area contributed by atoms with Crippen LogP contribution in [0.4, 0.5) is 0 Å². The summed E-state index contributed by atoms with van der Waals surface area (Å²) in [4.78, 5) is 0. The van der Waals surface area contributed by atoms with Gasteiger partial charge in [0.05, 0.1) is 0 Å². The van der Waals surface area contributed by atoms with Gasteiger partial charge in [0.25, 0.3) is 0 Å². The Bertz CT molecular complexity index is 388. The van der Waals surface area contributed by atoms with Gasteiger partial charge in [-0.25, -0.2) is 0 Å². The van der Waals surface area contributed by atoms with Gasteiger partial charge in [0.1, 0.15) is 0 Å². The third-order valence-electron chi connectivity index (χ3n) is 8.43. The summed E-state index contributed by atoms with van der Waals surface area (Å²) in [6, 6.07) is 0. The summed E-state index contributed by atoms with van der Waals surface area (Å²) in [6.07, 6.45) is 17.2. The van der Waals surface area contributed by atoms with E-state index >= 15 is 0 Å². The summed E-state index contributed by atoms with van der Waals surface area (Å²) in [7, 11) is 0. The molecule has 2 N–H and O–H groups in total. The highest BCUT2D eigenvalue weighted by atomic mass is 14.6. The van der Waals surface area contributed by atoms with Gasteiger partial charge >= 0.3 is 0 Å². The Balaban J connectivity index is 1.93. The first-order chi connectivity index (χ1) is 13.0. The van der Waals surface area contributed by atoms with Crippen molar-refractivity contribution in [2.45, 2.75) is 112 Å². The van der Waals surface area contributed by atoms with Crippen molar-refractivity contribution in [3.8, 4) is 0 Å². The highest BCUT2D eigenvalue weighted by Crippen LogP contribution is 2.52. The van der Waals surface area contributed by atoms with Crippen LogP contribution in [0.3, 0.4) is 0 Å². The molecular formula is C26H51N. The second-order valence-electron chi connectivity index (χ2n) is 10.7. The second kappa shape index (κ2) is 11.8. The van der Waals surface area contributed by atoms with Gasteiger partial charge in [-0.1, -0.05) is 98.8 Å². The predicted molar refractivity (Wildman–Crippen MR) is 121 cm³/mol. The van der Waals surface area contributed by atoms with Gasteiger partial charge in [0, 0.05) is 0 Å². The van der Waals surface area contributed by atoms with Crippen molar-refractivity contribution in [1.82, 2.24) is 0 Å². The highest BCUT2D eigenvalue weighted by Gasteiger charge is 2.45. The van der Waals surface area contributed by atoms with Crippen LogP contribution in [-0.4, -0.2) is 6.54 Å². The van der Waals surface area contributed by atoms with Crippen LogP contribution in [0, 0.1) is 47.3 Å². The lowest BCUT2D eigenvalue weighted by molar-refractivity contribution is -0.0213. The molecule has 0 aromatic carbocycles. The summed E-state index contributed by atoms with van der Waals surface area (Å²) >= 11 is 0. The van der Waals surface area contributed by atoms with Crippen molar-refractivity contribution in [2.75, 3.05) is 6.54 Å². The Kier molecular flexibility index (Phi) is 10.2. The zero-order chi connectivity index (χ0) is 19.8. The van der Waals surface area contributed by atoms with E-state index < -0.39 is 0 Å². The van der Waals surface area contributed by atoms with Gasteiger partial charge in [0.15, 0.2) is 0 Å². The van der Waals surface area contributed by atoms with Crippen molar-refractivity contribution in [2.24, 2.45) is 53.1 Å². The third-order valence-corrected chi connectivity index (χ3v) is 8.43. The van der Waals surface area contributed by atoms with Crippen LogP contribution >= 0.6 is 0 Å². The Morgan fingerprint density at radius 3 is 2.26 bits per heavy atom. The first-order valence-corrected chi connectivity index (χ1v) is 12.7. The molecule has 0 spiro atoms. The third kappa shape index (κ3) is 7.06. The molecule has 160 valence electrons. The standard InChI is InChI=1S/C26H51N/c1-6-10-19(3)13-14-20(4)26(25-17-21(5)24(25)7-2)23(18-27)12-9-8-11-22-15-16-22/h19-26H,6-18,27H2,1-5H3. The van der Waals surface area contributed by atoms with E-state index in [0.29, 0.717) is 0 Å². The van der Waals surface area contributed by atoms with Crippen molar-refractivity contribution in [1.29, 1.82) is 0 Å². The summed E-state index contributed by atoms with van der Waals surface area (Å²) in [5.41, 5.74) is 6.41. The molecule has 0 heterocycles. The number of rotatable bonds is 15. The maximum atomic E-state index is 6.41. The number of nitrogens with two attached hydrogens (primary N) is 1. The van der Waals surface area contributed by atoms with Crippen molar-refractivity contribution >= 4 is 0 Å². The molecule has 0 amide bonds. The number of hydrogen-bond acceptors (Lipinski definition) is 1. The fourth-order valence-corrected chi connectivity index (χ4v) is 6.48. The van der Waals surface area contributed by atoms with Gasteiger partial charge < -0.3 is 5.73 Å². The largest absolute Gasteiger partial charge is 0.330 e. The van der Waals surface area contributed by atoms with E-state index in [1.165, 1.54) is 77.0 Å². The molecule has 0 saturated heterocycles. The minimum Gasteiger partial charge on any atom is -0.330 e. The van der Waals surface area contributed by atoms with Crippen LogP contribution < -0.4 is 5.73 Å². The van der Waals surface area contributed by atoms with E-state index in [2.05, 4.69) is 34.6 Å². The molecule has 27 heavy (non-hydrogen) atoms. The Morgan fingerprint density at radius 2 is 1.70 bits per heavy atom. The fourth-order valence-electron chi connectivity index (χ4n) is 6.48. The molecule has 2 aliphatic carbocycles. The minimum atomic E-state index is 0.771. The molecule has 2 aliphatic rings. The summed E-state index contributed by atoms with van der Waals surface area (Å²) in [5.74, 6) is 7.36. The van der Waals surface area contributed by atoms with Gasteiger partial charge in [-0.05, 0) is 66.7 Å². The monoisotopic (exact) mass is 377 g/mol. The zero-order valence-electron chi connectivity index (χ0n) is 19.4. The summed E-state index contributed by atoms with van der Waals surface area (Å²) < 4.78 is 0. The molecule has 0 aromatic heterocycles. The molecule has 1 heteroatoms. The smallest absolute Gasteiger partial charge is 0.00460 e. The Labute approximate surface area is 171 Å². The molecule has 2 fully saturated rings. The van der Waals surface area contributed by atoms with Crippen LogP contribution in [0.25, 0.3) is 0 Å². The normalized spacial score (nSPS) is 29.8. The van der Waals surface area contributed by atoms with Crippen LogP contribution in [0.1, 0.15) is 112 Å². The Hall–Kier alpha value is -0.0400. The van der Waals surface area contributed by atoms with Crippen molar-refractivity contribution in [3.63, 3.8) is 0 Å². The average molecular weight is 378 g/mol. The van der Waals surface area contributed by atoms with E-state index in [1.54, 1.807) is 0 Å². The molecular weight excluding hydrogens is 326 g/mol. The van der Waals surface area contributed by atoms with E-state index in [9.17, 15) is 0 Å². The van der Waals surface area contributed by atoms with Gasteiger partial charge in [-0.15, -0.1) is 0 Å². The predicted octanol–water partition coefficient (Wildman–Crippen LogP) is 7.68. The maximum Gasteiger partial charge on any atom is -0.00460 e. The molecule has 2 rings (SSSR count). The van der Waals surface area contributed by atoms with E-state index in [1.807, 2.05) is 0 Å². The van der Waals surface area contributed by atoms with Gasteiger partial charge in [0.2, 0.25) is 0 Å². The van der Waals surface area contributed by atoms with E-state index in [4.69, 9.17) is 5.73 Å². The molecule has 0 aromatic rings. The summed E-state index contributed by atoms with van der Waals surface area (Å²) in [5, 5.41) is 0. The van der Waals surface area contributed by atoms with Gasteiger partial charge in [-0.2, -0.15) is 0 Å². The lowest BCUT2D eigenvalue weighted by Gasteiger charge is -2.51. The lowest BCUT2D eigenvalue weighted by atomic mass is 9.54. The van der Waals surface area contributed by atoms with Crippen LogP contribution in [0.5, 0.6) is 0 Å². The molecule has 0 radical (unpaired) electrons. The molecule has 0 bridgehead atoms. The first-order valence-electron chi connectivity index (χ1n) is 12.7. The summed E-state index contributed by atoms with van der Waals surface area (Å²) in [6.45, 7) is 13.2. The fraction of sp³-hybridized carbons (Fsp3) is 1.00. The lowest BCUT2D eigenvalue weighted by Crippen LogP contribution is -2.46. The van der Waals surface area contributed by atoms with Crippen LogP contribution in [0.15, 0.2) is 0 Å². The van der Waals surface area contributed by atoms with Crippen LogP contribution in [0.2, 0.25) is 0 Å². The van der Waals surface area contributed by atoms with Crippen molar-refractivity contribution in [3.05, 3.63) is 0 Å². The quantitative estimate of drug-likeness (QED) is 0.291. The SMILES string of the molecule is CCCC(C)CCC(C)C(C(CN)CCCCC1CC1)C1CC(C)C1CC. The number of unbranched alkanes of at least 4 members (excludes halogenated alkanes) is 1. The van der Waals surface area contributed by atoms with E-state index in [0.717, 1.165) is 53.9 Å². The second-order valence-corrected chi connectivity index (χ2v) is 10.7. The molecule has 0 aliphatic heterocycles. The molecule has 7 atom stereocenters. The maximum absolute atomic E-state index is 6.41. The Morgan fingerprint density at radius 1 is 0.963 bits per heavy atom. The van der Waals surface area contributed by atoms with E-state index in [-0.39, 0.29) is 0 Å². The van der Waals surface area contributed by atoms with Crippen molar-refractivity contribution < 1.29 is 0 Å². The topological polar surface area (TPSA) is 26.0 Å². The molecule has 2 saturated carbocycles. The molecule has 1 nitrogen and oxygen atoms in total. The average Bonchev–Trinajstić information content (AvgIpc) is 3.46. The van der Waals surface area contributed by atoms with Crippen LogP contribution in [-0.2, 0) is 0 Å². The zero-order valence-corrected chi connectivity index (χ0v) is 19.4. The van der Waals surface area contributed by atoms with Gasteiger partial charge in [-0.3, -0.25) is 0 Å². The first kappa shape index (κ1) is 23.2. The highest BCUT2D eigenvalue weighted by molar-refractivity contribution is 4.94. The minimum absolute atomic E-state index is 0.771.